The molecule has 1 aliphatic rings. The molecule has 5 heteroatoms. The highest BCUT2D eigenvalue weighted by Gasteiger charge is 2.20. The summed E-state index contributed by atoms with van der Waals surface area (Å²) < 4.78 is 13.7. The lowest BCUT2D eigenvalue weighted by molar-refractivity contribution is 0.249. The van der Waals surface area contributed by atoms with Crippen molar-refractivity contribution in [3.8, 4) is 11.8 Å². The third-order valence-corrected chi connectivity index (χ3v) is 4.13. The monoisotopic (exact) mass is 311 g/mol. The molecule has 1 fully saturated rings. The summed E-state index contributed by atoms with van der Waals surface area (Å²) in [6, 6.07) is 14.0. The van der Waals surface area contributed by atoms with Gasteiger partial charge in [-0.2, -0.15) is 5.26 Å². The largest absolute Gasteiger partial charge is 0.508 e. The van der Waals surface area contributed by atoms with E-state index in [1.54, 1.807) is 24.3 Å². The number of benzene rings is 2. The van der Waals surface area contributed by atoms with E-state index in [1.165, 1.54) is 6.07 Å². The van der Waals surface area contributed by atoms with Gasteiger partial charge in [-0.15, -0.1) is 0 Å². The Morgan fingerprint density at radius 1 is 1.09 bits per heavy atom. The smallest absolute Gasteiger partial charge is 0.143 e. The van der Waals surface area contributed by atoms with Gasteiger partial charge in [-0.25, -0.2) is 4.39 Å². The number of hydrogen-bond donors (Lipinski definition) is 1. The first-order valence-electron chi connectivity index (χ1n) is 7.61. The lowest BCUT2D eigenvalue weighted by Gasteiger charge is -2.36. The quantitative estimate of drug-likeness (QED) is 0.947. The van der Waals surface area contributed by atoms with Crippen LogP contribution in [0.25, 0.3) is 0 Å². The molecule has 0 saturated carbocycles. The summed E-state index contributed by atoms with van der Waals surface area (Å²) in [5, 5.41) is 18.7. The minimum absolute atomic E-state index is 0.119. The minimum atomic E-state index is -0.466. The summed E-state index contributed by atoms with van der Waals surface area (Å²) in [5.74, 6) is -0.188. The zero-order valence-electron chi connectivity index (χ0n) is 12.7. The van der Waals surface area contributed by atoms with E-state index < -0.39 is 5.82 Å². The summed E-state index contributed by atoms with van der Waals surface area (Å²) in [6.07, 6.45) is 0. The molecule has 0 aliphatic carbocycles. The standard InChI is InChI=1S/C18H18FN3O/c19-17-5-2-6-18(16(17)12-20)22-9-7-21(8-10-22)13-14-3-1-4-15(23)11-14/h1-6,11,23H,7-10,13H2. The molecule has 0 aromatic heterocycles. The molecule has 1 heterocycles. The van der Waals surface area contributed by atoms with Gasteiger partial charge in [0.1, 0.15) is 23.2 Å². The average Bonchev–Trinajstić information content (AvgIpc) is 2.55. The summed E-state index contributed by atoms with van der Waals surface area (Å²) in [7, 11) is 0. The first-order valence-corrected chi connectivity index (χ1v) is 7.61. The van der Waals surface area contributed by atoms with Crippen molar-refractivity contribution < 1.29 is 9.50 Å². The van der Waals surface area contributed by atoms with Gasteiger partial charge in [0.05, 0.1) is 5.69 Å². The number of nitriles is 1. The number of phenolic OH excluding ortho intramolecular Hbond substituents is 1. The Hall–Kier alpha value is -2.58. The topological polar surface area (TPSA) is 50.5 Å². The van der Waals surface area contributed by atoms with Crippen molar-refractivity contribution in [2.24, 2.45) is 0 Å². The van der Waals surface area contributed by atoms with Crippen molar-refractivity contribution in [3.05, 3.63) is 59.4 Å². The van der Waals surface area contributed by atoms with Gasteiger partial charge in [0.15, 0.2) is 0 Å². The van der Waals surface area contributed by atoms with Gasteiger partial charge in [-0.05, 0) is 29.8 Å². The van der Waals surface area contributed by atoms with E-state index in [-0.39, 0.29) is 11.3 Å². The number of phenols is 1. The van der Waals surface area contributed by atoms with Crippen LogP contribution in [-0.4, -0.2) is 36.2 Å². The van der Waals surface area contributed by atoms with Crippen molar-refractivity contribution in [2.45, 2.75) is 6.54 Å². The van der Waals surface area contributed by atoms with Crippen LogP contribution < -0.4 is 4.90 Å². The molecule has 3 rings (SSSR count). The number of halogens is 1. The van der Waals surface area contributed by atoms with Crippen molar-refractivity contribution in [1.82, 2.24) is 4.90 Å². The molecule has 0 amide bonds. The highest BCUT2D eigenvalue weighted by atomic mass is 19.1. The minimum Gasteiger partial charge on any atom is -0.508 e. The summed E-state index contributed by atoms with van der Waals surface area (Å²) in [6.45, 7) is 3.93. The molecule has 118 valence electrons. The molecule has 0 bridgehead atoms. The molecule has 4 nitrogen and oxygen atoms in total. The summed E-state index contributed by atoms with van der Waals surface area (Å²) >= 11 is 0. The Morgan fingerprint density at radius 2 is 1.83 bits per heavy atom. The zero-order valence-corrected chi connectivity index (χ0v) is 12.7. The van der Waals surface area contributed by atoms with Crippen LogP contribution in [0.5, 0.6) is 5.75 Å². The van der Waals surface area contributed by atoms with E-state index >= 15 is 0 Å². The van der Waals surface area contributed by atoms with Gasteiger partial charge >= 0.3 is 0 Å². The molecular formula is C18H18FN3O. The average molecular weight is 311 g/mol. The number of piperazine rings is 1. The van der Waals surface area contributed by atoms with Crippen molar-refractivity contribution in [1.29, 1.82) is 5.26 Å². The second-order valence-electron chi connectivity index (χ2n) is 5.68. The number of hydrogen-bond acceptors (Lipinski definition) is 4. The Morgan fingerprint density at radius 3 is 2.52 bits per heavy atom. The van der Waals surface area contributed by atoms with Gasteiger partial charge in [-0.1, -0.05) is 18.2 Å². The molecule has 2 aromatic carbocycles. The van der Waals surface area contributed by atoms with Gasteiger partial charge < -0.3 is 10.0 Å². The second-order valence-corrected chi connectivity index (χ2v) is 5.68. The lowest BCUT2D eigenvalue weighted by Crippen LogP contribution is -2.46. The molecule has 1 saturated heterocycles. The van der Waals surface area contributed by atoms with E-state index in [0.717, 1.165) is 38.3 Å². The van der Waals surface area contributed by atoms with Crippen LogP contribution in [0.15, 0.2) is 42.5 Å². The Kier molecular flexibility index (Phi) is 4.45. The Labute approximate surface area is 135 Å². The molecule has 2 aromatic rings. The fraction of sp³-hybridized carbons (Fsp3) is 0.278. The predicted octanol–water partition coefficient (Wildman–Crippen LogP) is 2.73. The molecule has 0 spiro atoms. The maximum Gasteiger partial charge on any atom is 0.143 e. The van der Waals surface area contributed by atoms with E-state index in [9.17, 15) is 9.50 Å². The molecule has 1 aliphatic heterocycles. The van der Waals surface area contributed by atoms with Gasteiger partial charge in [0.2, 0.25) is 0 Å². The van der Waals surface area contributed by atoms with E-state index in [1.807, 2.05) is 18.2 Å². The van der Waals surface area contributed by atoms with Crippen LogP contribution in [0.1, 0.15) is 11.1 Å². The number of aromatic hydroxyl groups is 1. The van der Waals surface area contributed by atoms with Crippen molar-refractivity contribution >= 4 is 5.69 Å². The summed E-state index contributed by atoms with van der Waals surface area (Å²) in [4.78, 5) is 4.34. The highest BCUT2D eigenvalue weighted by Crippen LogP contribution is 2.24. The first-order chi connectivity index (χ1) is 11.2. The molecule has 23 heavy (non-hydrogen) atoms. The van der Waals surface area contributed by atoms with E-state index in [4.69, 9.17) is 5.26 Å². The molecular weight excluding hydrogens is 293 g/mol. The zero-order chi connectivity index (χ0) is 16.2. The van der Waals surface area contributed by atoms with Crippen LogP contribution in [0, 0.1) is 17.1 Å². The van der Waals surface area contributed by atoms with Crippen LogP contribution in [0.4, 0.5) is 10.1 Å². The van der Waals surface area contributed by atoms with Gasteiger partial charge in [0.25, 0.3) is 0 Å². The van der Waals surface area contributed by atoms with Gasteiger partial charge in [0, 0.05) is 32.7 Å². The normalized spacial score (nSPS) is 15.4. The van der Waals surface area contributed by atoms with E-state index in [0.29, 0.717) is 5.69 Å². The first kappa shape index (κ1) is 15.3. The van der Waals surface area contributed by atoms with Crippen LogP contribution in [-0.2, 0) is 6.54 Å². The Balaban J connectivity index is 1.65. The fourth-order valence-electron chi connectivity index (χ4n) is 2.95. The fourth-order valence-corrected chi connectivity index (χ4v) is 2.95. The van der Waals surface area contributed by atoms with Crippen molar-refractivity contribution in [3.63, 3.8) is 0 Å². The maximum absolute atomic E-state index is 13.7. The lowest BCUT2D eigenvalue weighted by atomic mass is 10.1. The predicted molar refractivity (Wildman–Crippen MR) is 86.7 cm³/mol. The maximum atomic E-state index is 13.7. The Bertz CT molecular complexity index is 733. The molecule has 0 atom stereocenters. The van der Waals surface area contributed by atoms with Crippen molar-refractivity contribution in [2.75, 3.05) is 31.1 Å². The second kappa shape index (κ2) is 6.67. The number of nitrogens with zero attached hydrogens (tertiary/aromatic N) is 3. The van der Waals surface area contributed by atoms with Crippen LogP contribution in [0.3, 0.4) is 0 Å². The van der Waals surface area contributed by atoms with Crippen LogP contribution in [0.2, 0.25) is 0 Å². The molecule has 0 unspecified atom stereocenters. The third-order valence-electron chi connectivity index (χ3n) is 4.13. The van der Waals surface area contributed by atoms with Gasteiger partial charge in [-0.3, -0.25) is 4.90 Å². The number of rotatable bonds is 3. The molecule has 1 N–H and O–H groups in total. The highest BCUT2D eigenvalue weighted by molar-refractivity contribution is 5.60. The third kappa shape index (κ3) is 3.43. The van der Waals surface area contributed by atoms with Crippen LogP contribution >= 0.6 is 0 Å². The molecule has 0 radical (unpaired) electrons. The number of anilines is 1. The summed E-state index contributed by atoms with van der Waals surface area (Å²) in [5.41, 5.74) is 1.86. The SMILES string of the molecule is N#Cc1c(F)cccc1N1CCN(Cc2cccc(O)c2)CC1. The van der Waals surface area contributed by atoms with E-state index in [2.05, 4.69) is 9.80 Å².